The molecule has 0 aromatic heterocycles. The van der Waals surface area contributed by atoms with Crippen LogP contribution in [0.2, 0.25) is 0 Å². The molecule has 0 aliphatic rings. The minimum Gasteiger partial charge on any atom is -0.490 e. The van der Waals surface area contributed by atoms with Crippen molar-refractivity contribution in [3.05, 3.63) is 60.2 Å². The fourth-order valence-electron chi connectivity index (χ4n) is 1.96. The molecule has 0 radical (unpaired) electrons. The van der Waals surface area contributed by atoms with Crippen LogP contribution in [-0.2, 0) is 0 Å². The molecule has 21 heavy (non-hydrogen) atoms. The van der Waals surface area contributed by atoms with Crippen molar-refractivity contribution >= 4 is 0 Å². The average Bonchev–Trinajstić information content (AvgIpc) is 2.60. The van der Waals surface area contributed by atoms with Gasteiger partial charge in [-0.25, -0.2) is 0 Å². The van der Waals surface area contributed by atoms with E-state index < -0.39 is 25.6 Å². The summed E-state index contributed by atoms with van der Waals surface area (Å²) in [6, 6.07) is 15.0. The standard InChI is InChI=1S/C17H21NO3/c1-2-20-15-10-6-7-11-16(15)21-17(14(19)12-18)13-8-4-3-5-9-13/h3-11,14,17,19H,2,12,18H2,1H3/i1D3,2D2. The first-order valence-corrected chi connectivity index (χ1v) is 6.53. The van der Waals surface area contributed by atoms with Gasteiger partial charge in [0.25, 0.3) is 0 Å². The molecule has 0 bridgehead atoms. The molecule has 2 unspecified atom stereocenters. The number of aliphatic hydroxyl groups is 1. The lowest BCUT2D eigenvalue weighted by Gasteiger charge is -2.24. The normalized spacial score (nSPS) is 18.3. The Morgan fingerprint density at radius 1 is 1.14 bits per heavy atom. The lowest BCUT2D eigenvalue weighted by atomic mass is 10.0. The maximum Gasteiger partial charge on any atom is 0.162 e. The molecule has 0 spiro atoms. The molecule has 2 atom stereocenters. The first kappa shape index (κ1) is 9.82. The minimum atomic E-state index is -2.98. The van der Waals surface area contributed by atoms with E-state index in [1.54, 1.807) is 36.4 Å². The van der Waals surface area contributed by atoms with Gasteiger partial charge in [0.05, 0.1) is 9.30 Å². The van der Waals surface area contributed by atoms with Gasteiger partial charge >= 0.3 is 0 Å². The van der Waals surface area contributed by atoms with E-state index in [0.29, 0.717) is 5.56 Å². The van der Waals surface area contributed by atoms with Gasteiger partial charge in [0, 0.05) is 10.7 Å². The second-order valence-corrected chi connectivity index (χ2v) is 4.40. The van der Waals surface area contributed by atoms with Crippen molar-refractivity contribution in [1.82, 2.24) is 0 Å². The first-order valence-electron chi connectivity index (χ1n) is 9.03. The van der Waals surface area contributed by atoms with Gasteiger partial charge in [0.15, 0.2) is 17.6 Å². The summed E-state index contributed by atoms with van der Waals surface area (Å²) in [4.78, 5) is 0. The first-order chi connectivity index (χ1) is 12.2. The van der Waals surface area contributed by atoms with Crippen molar-refractivity contribution in [2.75, 3.05) is 13.1 Å². The van der Waals surface area contributed by atoms with Crippen LogP contribution in [-0.4, -0.2) is 24.3 Å². The smallest absolute Gasteiger partial charge is 0.162 e. The van der Waals surface area contributed by atoms with Gasteiger partial charge in [0.2, 0.25) is 0 Å². The Labute approximate surface area is 132 Å². The van der Waals surface area contributed by atoms with Gasteiger partial charge in [-0.1, -0.05) is 42.5 Å². The fraction of sp³-hybridized carbons (Fsp3) is 0.294. The molecule has 2 aromatic rings. The number of benzene rings is 2. The van der Waals surface area contributed by atoms with Gasteiger partial charge in [-0.15, -0.1) is 0 Å². The number of para-hydroxylation sites is 2. The van der Waals surface area contributed by atoms with Crippen LogP contribution in [0, 0.1) is 0 Å². The topological polar surface area (TPSA) is 64.7 Å². The molecule has 0 aliphatic carbocycles. The summed E-state index contributed by atoms with van der Waals surface area (Å²) in [6.07, 6.45) is -1.85. The Morgan fingerprint density at radius 2 is 1.81 bits per heavy atom. The average molecular weight is 292 g/mol. The number of hydrogen-bond acceptors (Lipinski definition) is 4. The molecule has 112 valence electrons. The predicted molar refractivity (Wildman–Crippen MR) is 82.5 cm³/mol. The van der Waals surface area contributed by atoms with Crippen LogP contribution in [0.4, 0.5) is 0 Å². The molecule has 3 N–H and O–H groups in total. The second-order valence-electron chi connectivity index (χ2n) is 4.40. The summed E-state index contributed by atoms with van der Waals surface area (Å²) in [5.74, 6) is 0.0146. The Kier molecular flexibility index (Phi) is 3.58. The van der Waals surface area contributed by atoms with Crippen LogP contribution in [0.3, 0.4) is 0 Å². The third kappa shape index (κ3) is 3.97. The second kappa shape index (κ2) is 7.67. The molecule has 0 saturated heterocycles. The molecular formula is C17H21NO3. The van der Waals surface area contributed by atoms with Crippen molar-refractivity contribution in [3.8, 4) is 11.5 Å². The van der Waals surface area contributed by atoms with E-state index in [1.165, 1.54) is 12.1 Å². The molecule has 0 aliphatic heterocycles. The van der Waals surface area contributed by atoms with Crippen LogP contribution in [0.5, 0.6) is 11.5 Å². The van der Waals surface area contributed by atoms with Crippen LogP contribution in [0.25, 0.3) is 0 Å². The van der Waals surface area contributed by atoms with Crippen LogP contribution in [0.1, 0.15) is 25.4 Å². The zero-order chi connectivity index (χ0) is 19.4. The van der Waals surface area contributed by atoms with E-state index in [2.05, 4.69) is 0 Å². The van der Waals surface area contributed by atoms with Crippen molar-refractivity contribution in [3.63, 3.8) is 0 Å². The molecule has 4 nitrogen and oxygen atoms in total. The molecule has 0 saturated carbocycles. The maximum absolute atomic E-state index is 10.2. The van der Waals surface area contributed by atoms with Gasteiger partial charge in [0.1, 0.15) is 6.10 Å². The quantitative estimate of drug-likeness (QED) is 0.823. The number of rotatable bonds is 7. The highest BCUT2D eigenvalue weighted by Gasteiger charge is 2.23. The van der Waals surface area contributed by atoms with E-state index in [4.69, 9.17) is 22.1 Å². The lowest BCUT2D eigenvalue weighted by molar-refractivity contribution is 0.0394. The molecule has 2 rings (SSSR count). The highest BCUT2D eigenvalue weighted by Crippen LogP contribution is 2.32. The molecule has 0 fully saturated rings. The monoisotopic (exact) mass is 292 g/mol. The van der Waals surface area contributed by atoms with Crippen molar-refractivity contribution in [1.29, 1.82) is 0 Å². The van der Waals surface area contributed by atoms with Crippen molar-refractivity contribution in [2.24, 2.45) is 5.73 Å². The van der Waals surface area contributed by atoms with E-state index in [9.17, 15) is 5.11 Å². The SMILES string of the molecule is [2H]C([2H])([2H])C([2H])([2H])Oc1ccccc1OC(c1ccccc1)C(O)CN. The van der Waals surface area contributed by atoms with Crippen LogP contribution < -0.4 is 15.2 Å². The van der Waals surface area contributed by atoms with Gasteiger partial charge in [-0.2, -0.15) is 0 Å². The highest BCUT2D eigenvalue weighted by atomic mass is 16.5. The summed E-state index contributed by atoms with van der Waals surface area (Å²) >= 11 is 0. The van der Waals surface area contributed by atoms with Gasteiger partial charge < -0.3 is 20.3 Å². The molecule has 4 heteroatoms. The summed E-state index contributed by atoms with van der Waals surface area (Å²) in [6.45, 7) is -5.93. The Balaban J connectivity index is 2.33. The van der Waals surface area contributed by atoms with Crippen molar-refractivity contribution in [2.45, 2.75) is 19.1 Å². The summed E-state index contributed by atoms with van der Waals surface area (Å²) in [7, 11) is 0. The van der Waals surface area contributed by atoms with E-state index >= 15 is 0 Å². The summed E-state index contributed by atoms with van der Waals surface area (Å²) in [5.41, 5.74) is 6.23. The third-order valence-electron chi connectivity index (χ3n) is 2.98. The number of hydrogen-bond donors (Lipinski definition) is 2. The summed E-state index contributed by atoms with van der Waals surface area (Å²) in [5, 5.41) is 10.2. The van der Waals surface area contributed by atoms with Crippen LogP contribution >= 0.6 is 0 Å². The van der Waals surface area contributed by atoms with Gasteiger partial charge in [-0.05, 0) is 24.5 Å². The van der Waals surface area contributed by atoms with E-state index in [-0.39, 0.29) is 18.0 Å². The molecule has 0 amide bonds. The number of ether oxygens (including phenoxy) is 2. The largest absolute Gasteiger partial charge is 0.490 e. The van der Waals surface area contributed by atoms with E-state index in [1.807, 2.05) is 6.07 Å². The van der Waals surface area contributed by atoms with Gasteiger partial charge in [-0.3, -0.25) is 0 Å². The Hall–Kier alpha value is -2.04. The Morgan fingerprint density at radius 3 is 2.48 bits per heavy atom. The molecular weight excluding hydrogens is 266 g/mol. The van der Waals surface area contributed by atoms with Crippen molar-refractivity contribution < 1.29 is 21.4 Å². The highest BCUT2D eigenvalue weighted by molar-refractivity contribution is 5.40. The van der Waals surface area contributed by atoms with E-state index in [0.717, 1.165) is 0 Å². The maximum atomic E-state index is 10.2. The molecule has 0 heterocycles. The fourth-order valence-corrected chi connectivity index (χ4v) is 1.96. The third-order valence-corrected chi connectivity index (χ3v) is 2.98. The number of nitrogens with two attached hydrogens (primary N) is 1. The zero-order valence-corrected chi connectivity index (χ0v) is 11.4. The minimum absolute atomic E-state index is 0.0569. The zero-order valence-electron chi connectivity index (χ0n) is 16.4. The summed E-state index contributed by atoms with van der Waals surface area (Å²) < 4.78 is 48.0. The Bertz CT molecular complexity index is 709. The predicted octanol–water partition coefficient (Wildman–Crippen LogP) is 2.52. The number of aliphatic hydroxyl groups excluding tert-OH is 1. The lowest BCUT2D eigenvalue weighted by Crippen LogP contribution is -2.31. The molecule has 2 aromatic carbocycles. The van der Waals surface area contributed by atoms with Crippen LogP contribution in [0.15, 0.2) is 54.6 Å².